The second-order valence-electron chi connectivity index (χ2n) is 4.91. The van der Waals surface area contributed by atoms with Crippen molar-refractivity contribution in [3.63, 3.8) is 0 Å². The van der Waals surface area contributed by atoms with E-state index in [4.69, 9.17) is 14.9 Å². The third-order valence-corrected chi connectivity index (χ3v) is 3.01. The van der Waals surface area contributed by atoms with Gasteiger partial charge in [-0.15, -0.1) is 0 Å². The van der Waals surface area contributed by atoms with Crippen molar-refractivity contribution in [2.75, 3.05) is 6.61 Å². The van der Waals surface area contributed by atoms with Gasteiger partial charge in [-0.3, -0.25) is 9.59 Å². The first-order valence-electron chi connectivity index (χ1n) is 5.40. The highest BCUT2D eigenvalue weighted by molar-refractivity contribution is 5.71. The van der Waals surface area contributed by atoms with E-state index >= 15 is 0 Å². The fourth-order valence-corrected chi connectivity index (χ4v) is 2.09. The maximum Gasteiger partial charge on any atom is 0.306 e. The van der Waals surface area contributed by atoms with Crippen molar-refractivity contribution in [2.45, 2.75) is 38.7 Å². The lowest BCUT2D eigenvalue weighted by Gasteiger charge is -2.38. The lowest BCUT2D eigenvalue weighted by molar-refractivity contribution is -0.161. The zero-order valence-corrected chi connectivity index (χ0v) is 9.60. The van der Waals surface area contributed by atoms with Crippen LogP contribution in [0.15, 0.2) is 0 Å². The molecule has 0 radical (unpaired) electrons. The van der Waals surface area contributed by atoms with E-state index in [1.54, 1.807) is 0 Å². The minimum Gasteiger partial charge on any atom is -0.481 e. The number of carboxylic acid groups (broad SMARTS) is 2. The molecular formula is C11H18O5. The Morgan fingerprint density at radius 2 is 2.00 bits per heavy atom. The van der Waals surface area contributed by atoms with Crippen LogP contribution in [0.25, 0.3) is 0 Å². The van der Waals surface area contributed by atoms with Crippen molar-refractivity contribution >= 4 is 11.9 Å². The second kappa shape index (κ2) is 4.82. The fourth-order valence-electron chi connectivity index (χ4n) is 2.09. The van der Waals surface area contributed by atoms with Gasteiger partial charge in [-0.1, -0.05) is 0 Å². The lowest BCUT2D eigenvalue weighted by Crippen LogP contribution is -2.43. The molecule has 2 atom stereocenters. The third kappa shape index (κ3) is 3.48. The van der Waals surface area contributed by atoms with E-state index in [-0.39, 0.29) is 12.3 Å². The summed E-state index contributed by atoms with van der Waals surface area (Å²) in [6, 6.07) is 0. The molecule has 2 N–H and O–H groups in total. The standard InChI is InChI=1S/C11H18O5/c1-11(2)5-8(10(14)15)7(6-16-11)3-4-9(12)13/h7-8H,3-6H2,1-2H3,(H,12,13)(H,14,15). The molecule has 92 valence electrons. The van der Waals surface area contributed by atoms with Crippen LogP contribution >= 0.6 is 0 Å². The lowest BCUT2D eigenvalue weighted by atomic mass is 9.79. The van der Waals surface area contributed by atoms with Gasteiger partial charge >= 0.3 is 11.9 Å². The van der Waals surface area contributed by atoms with Crippen LogP contribution < -0.4 is 0 Å². The molecule has 1 aliphatic heterocycles. The Kier molecular flexibility index (Phi) is 3.91. The predicted molar refractivity (Wildman–Crippen MR) is 56.1 cm³/mol. The van der Waals surface area contributed by atoms with Crippen molar-refractivity contribution in [2.24, 2.45) is 11.8 Å². The summed E-state index contributed by atoms with van der Waals surface area (Å²) in [6.07, 6.45) is 0.799. The minimum absolute atomic E-state index is 0.00175. The Labute approximate surface area is 94.4 Å². The molecule has 0 saturated carbocycles. The van der Waals surface area contributed by atoms with Crippen molar-refractivity contribution in [3.8, 4) is 0 Å². The van der Waals surface area contributed by atoms with Gasteiger partial charge in [0.15, 0.2) is 0 Å². The molecule has 0 aromatic carbocycles. The van der Waals surface area contributed by atoms with E-state index in [1.807, 2.05) is 13.8 Å². The van der Waals surface area contributed by atoms with E-state index in [9.17, 15) is 9.59 Å². The maximum absolute atomic E-state index is 11.1. The third-order valence-electron chi connectivity index (χ3n) is 3.01. The van der Waals surface area contributed by atoms with E-state index < -0.39 is 23.5 Å². The molecule has 1 heterocycles. The number of carboxylic acids is 2. The molecular weight excluding hydrogens is 212 g/mol. The average molecular weight is 230 g/mol. The Balaban J connectivity index is 2.62. The zero-order valence-electron chi connectivity index (χ0n) is 9.60. The van der Waals surface area contributed by atoms with Crippen molar-refractivity contribution < 1.29 is 24.5 Å². The van der Waals surface area contributed by atoms with Crippen molar-refractivity contribution in [1.82, 2.24) is 0 Å². The fraction of sp³-hybridized carbons (Fsp3) is 0.818. The van der Waals surface area contributed by atoms with E-state index in [1.165, 1.54) is 0 Å². The molecule has 0 aromatic rings. The zero-order chi connectivity index (χ0) is 12.3. The van der Waals surface area contributed by atoms with Gasteiger partial charge in [-0.25, -0.2) is 0 Å². The number of hydrogen-bond donors (Lipinski definition) is 2. The average Bonchev–Trinajstić information content (AvgIpc) is 2.14. The Hall–Kier alpha value is -1.10. The molecule has 0 aromatic heterocycles. The van der Waals surface area contributed by atoms with Gasteiger partial charge in [-0.05, 0) is 32.6 Å². The van der Waals surface area contributed by atoms with Gasteiger partial charge in [-0.2, -0.15) is 0 Å². The van der Waals surface area contributed by atoms with Crippen molar-refractivity contribution in [1.29, 1.82) is 0 Å². The summed E-state index contributed by atoms with van der Waals surface area (Å²) >= 11 is 0. The summed E-state index contributed by atoms with van der Waals surface area (Å²) in [5, 5.41) is 17.7. The molecule has 5 nitrogen and oxygen atoms in total. The maximum atomic E-state index is 11.1. The summed E-state index contributed by atoms with van der Waals surface area (Å²) in [4.78, 5) is 21.6. The molecule has 2 unspecified atom stereocenters. The van der Waals surface area contributed by atoms with Gasteiger partial charge in [0.25, 0.3) is 0 Å². The van der Waals surface area contributed by atoms with Crippen LogP contribution in [0.2, 0.25) is 0 Å². The van der Waals surface area contributed by atoms with E-state index in [0.717, 1.165) is 0 Å². The molecule has 0 bridgehead atoms. The molecule has 1 saturated heterocycles. The van der Waals surface area contributed by atoms with Crippen LogP contribution in [-0.2, 0) is 14.3 Å². The number of carbonyl (C=O) groups is 2. The molecule has 16 heavy (non-hydrogen) atoms. The molecule has 5 heteroatoms. The summed E-state index contributed by atoms with van der Waals surface area (Å²) in [5.41, 5.74) is -0.428. The minimum atomic E-state index is -0.894. The van der Waals surface area contributed by atoms with E-state index in [2.05, 4.69) is 0 Å². The predicted octanol–water partition coefficient (Wildman–Crippen LogP) is 1.37. The summed E-state index contributed by atoms with van der Waals surface area (Å²) < 4.78 is 5.53. The van der Waals surface area contributed by atoms with E-state index in [0.29, 0.717) is 19.4 Å². The molecule has 0 aliphatic carbocycles. The number of aliphatic carboxylic acids is 2. The molecule has 1 fully saturated rings. The highest BCUT2D eigenvalue weighted by Crippen LogP contribution is 2.34. The van der Waals surface area contributed by atoms with Crippen molar-refractivity contribution in [3.05, 3.63) is 0 Å². The molecule has 0 spiro atoms. The first-order chi connectivity index (χ1) is 7.32. The molecule has 1 rings (SSSR count). The van der Waals surface area contributed by atoms with Crippen LogP contribution in [0.5, 0.6) is 0 Å². The first-order valence-corrected chi connectivity index (χ1v) is 5.40. The SMILES string of the molecule is CC1(C)CC(C(=O)O)C(CCC(=O)O)CO1. The van der Waals surface area contributed by atoms with Gasteiger partial charge < -0.3 is 14.9 Å². The van der Waals surface area contributed by atoms with Gasteiger partial charge in [0.05, 0.1) is 18.1 Å². The summed E-state index contributed by atoms with van der Waals surface area (Å²) in [5.74, 6) is -2.44. The topological polar surface area (TPSA) is 83.8 Å². The Bertz CT molecular complexity index is 284. The van der Waals surface area contributed by atoms with Crippen LogP contribution in [-0.4, -0.2) is 34.4 Å². The normalized spacial score (nSPS) is 28.6. The van der Waals surface area contributed by atoms with Crippen LogP contribution in [0.3, 0.4) is 0 Å². The molecule has 1 aliphatic rings. The van der Waals surface area contributed by atoms with Gasteiger partial charge in [0, 0.05) is 6.42 Å². The first kappa shape index (κ1) is 13.0. The number of rotatable bonds is 4. The molecule has 0 amide bonds. The smallest absolute Gasteiger partial charge is 0.306 e. The van der Waals surface area contributed by atoms with Crippen LogP contribution in [0.4, 0.5) is 0 Å². The highest BCUT2D eigenvalue weighted by atomic mass is 16.5. The largest absolute Gasteiger partial charge is 0.481 e. The van der Waals surface area contributed by atoms with Crippen LogP contribution in [0, 0.1) is 11.8 Å². The summed E-state index contributed by atoms with van der Waals surface area (Å²) in [6.45, 7) is 4.05. The monoisotopic (exact) mass is 230 g/mol. The quantitative estimate of drug-likeness (QED) is 0.762. The van der Waals surface area contributed by atoms with Gasteiger partial charge in [0.2, 0.25) is 0 Å². The number of ether oxygens (including phenoxy) is 1. The van der Waals surface area contributed by atoms with Gasteiger partial charge in [0.1, 0.15) is 0 Å². The number of hydrogen-bond acceptors (Lipinski definition) is 3. The van der Waals surface area contributed by atoms with Crippen LogP contribution in [0.1, 0.15) is 33.1 Å². The highest BCUT2D eigenvalue weighted by Gasteiger charge is 2.39. The second-order valence-corrected chi connectivity index (χ2v) is 4.91. The Morgan fingerprint density at radius 1 is 1.38 bits per heavy atom. The Morgan fingerprint density at radius 3 is 2.50 bits per heavy atom. The summed E-state index contributed by atoms with van der Waals surface area (Å²) in [7, 11) is 0.